The number of nitrogens with zero attached hydrogens (tertiary/aromatic N) is 2. The van der Waals surface area contributed by atoms with E-state index in [1.54, 1.807) is 12.1 Å². The molecule has 1 heterocycles. The standard InChI is InChI=1S/C14H17N3O4/c1-9-5-11-12(7-15-9)14(17(19)20)4-3-13(11)16-6-10(18)8-21-2/h3-5,7,10,16,18H,6,8H2,1-2H3. The van der Waals surface area contributed by atoms with Gasteiger partial charge in [0.1, 0.15) is 0 Å². The Balaban J connectivity index is 2.38. The van der Waals surface area contributed by atoms with Crippen LogP contribution in [0.2, 0.25) is 0 Å². The Bertz CT molecular complexity index is 660. The van der Waals surface area contributed by atoms with E-state index in [2.05, 4.69) is 10.3 Å². The van der Waals surface area contributed by atoms with Gasteiger partial charge in [0.15, 0.2) is 0 Å². The van der Waals surface area contributed by atoms with Crippen molar-refractivity contribution in [3.8, 4) is 0 Å². The molecule has 7 nitrogen and oxygen atoms in total. The predicted octanol–water partition coefficient (Wildman–Crippen LogP) is 1.87. The number of ether oxygens (including phenoxy) is 1. The molecule has 1 unspecified atom stereocenters. The van der Waals surface area contributed by atoms with Crippen molar-refractivity contribution in [3.63, 3.8) is 0 Å². The van der Waals surface area contributed by atoms with E-state index in [-0.39, 0.29) is 12.3 Å². The molecule has 1 aromatic heterocycles. The summed E-state index contributed by atoms with van der Waals surface area (Å²) < 4.78 is 4.86. The van der Waals surface area contributed by atoms with Crippen molar-refractivity contribution in [3.05, 3.63) is 40.2 Å². The Morgan fingerprint density at radius 2 is 2.24 bits per heavy atom. The highest BCUT2D eigenvalue weighted by atomic mass is 16.6. The highest BCUT2D eigenvalue weighted by Gasteiger charge is 2.15. The minimum absolute atomic E-state index is 0.0143. The van der Waals surface area contributed by atoms with Crippen LogP contribution >= 0.6 is 0 Å². The van der Waals surface area contributed by atoms with Crippen molar-refractivity contribution in [1.29, 1.82) is 0 Å². The lowest BCUT2D eigenvalue weighted by atomic mass is 10.1. The number of aryl methyl sites for hydroxylation is 1. The second kappa shape index (κ2) is 6.47. The molecule has 7 heteroatoms. The first-order chi connectivity index (χ1) is 10.0. The van der Waals surface area contributed by atoms with Crippen LogP contribution in [0.4, 0.5) is 11.4 Å². The molecule has 0 fully saturated rings. The quantitative estimate of drug-likeness (QED) is 0.623. The lowest BCUT2D eigenvalue weighted by Crippen LogP contribution is -2.24. The summed E-state index contributed by atoms with van der Waals surface area (Å²) in [6, 6.07) is 4.86. The molecule has 1 aromatic carbocycles. The third kappa shape index (κ3) is 3.45. The monoisotopic (exact) mass is 291 g/mol. The molecule has 0 aliphatic rings. The van der Waals surface area contributed by atoms with Crippen LogP contribution in [0.15, 0.2) is 24.4 Å². The number of aliphatic hydroxyl groups excluding tert-OH is 1. The van der Waals surface area contributed by atoms with E-state index in [1.165, 1.54) is 19.4 Å². The number of aromatic nitrogens is 1. The van der Waals surface area contributed by atoms with Crippen LogP contribution in [-0.2, 0) is 4.74 Å². The zero-order chi connectivity index (χ0) is 15.4. The zero-order valence-corrected chi connectivity index (χ0v) is 11.9. The number of fused-ring (bicyclic) bond motifs is 1. The zero-order valence-electron chi connectivity index (χ0n) is 11.9. The van der Waals surface area contributed by atoms with Crippen molar-refractivity contribution in [2.45, 2.75) is 13.0 Å². The molecule has 1 atom stereocenters. The van der Waals surface area contributed by atoms with Crippen molar-refractivity contribution in [1.82, 2.24) is 4.98 Å². The van der Waals surface area contributed by atoms with Crippen LogP contribution in [-0.4, -0.2) is 41.4 Å². The maximum absolute atomic E-state index is 11.1. The average molecular weight is 291 g/mol. The van der Waals surface area contributed by atoms with Crippen molar-refractivity contribution >= 4 is 22.1 Å². The number of hydrogen-bond acceptors (Lipinski definition) is 6. The average Bonchev–Trinajstić information content (AvgIpc) is 2.44. The lowest BCUT2D eigenvalue weighted by Gasteiger charge is -2.14. The van der Waals surface area contributed by atoms with Crippen molar-refractivity contribution in [2.24, 2.45) is 0 Å². The van der Waals surface area contributed by atoms with Gasteiger partial charge in [0, 0.05) is 42.7 Å². The largest absolute Gasteiger partial charge is 0.389 e. The fourth-order valence-electron chi connectivity index (χ4n) is 2.12. The van der Waals surface area contributed by atoms with Crippen molar-refractivity contribution < 1.29 is 14.8 Å². The van der Waals surface area contributed by atoms with Crippen LogP contribution in [0, 0.1) is 17.0 Å². The summed E-state index contributed by atoms with van der Waals surface area (Å²) in [5.41, 5.74) is 1.50. The molecule has 0 aliphatic carbocycles. The molecule has 0 aliphatic heterocycles. The second-order valence-corrected chi connectivity index (χ2v) is 4.75. The van der Waals surface area contributed by atoms with E-state index in [0.29, 0.717) is 17.3 Å². The maximum Gasteiger partial charge on any atom is 0.278 e. The molecule has 0 spiro atoms. The number of hydrogen-bond donors (Lipinski definition) is 2. The number of non-ortho nitro benzene ring substituents is 1. The molecule has 2 aromatic rings. The van der Waals surface area contributed by atoms with E-state index in [1.807, 2.05) is 6.92 Å². The fraction of sp³-hybridized carbons (Fsp3) is 0.357. The third-order valence-electron chi connectivity index (χ3n) is 3.10. The van der Waals surface area contributed by atoms with Crippen LogP contribution in [0.25, 0.3) is 10.8 Å². The summed E-state index contributed by atoms with van der Waals surface area (Å²) >= 11 is 0. The normalized spacial score (nSPS) is 12.3. The van der Waals surface area contributed by atoms with E-state index >= 15 is 0 Å². The molecule has 0 radical (unpaired) electrons. The van der Waals surface area contributed by atoms with Crippen molar-refractivity contribution in [2.75, 3.05) is 25.6 Å². The number of methoxy groups -OCH3 is 1. The highest BCUT2D eigenvalue weighted by molar-refractivity contribution is 5.99. The first-order valence-electron chi connectivity index (χ1n) is 6.47. The number of rotatable bonds is 6. The molecule has 2 rings (SSSR count). The summed E-state index contributed by atoms with van der Waals surface area (Å²) in [5.74, 6) is 0. The Labute approximate surface area is 121 Å². The molecule has 0 saturated carbocycles. The van der Waals surface area contributed by atoms with Gasteiger partial charge < -0.3 is 15.2 Å². The second-order valence-electron chi connectivity index (χ2n) is 4.75. The summed E-state index contributed by atoms with van der Waals surface area (Å²) in [4.78, 5) is 14.8. The number of nitro groups is 1. The minimum atomic E-state index is -0.650. The Morgan fingerprint density at radius 1 is 1.48 bits per heavy atom. The maximum atomic E-state index is 11.1. The number of benzene rings is 1. The lowest BCUT2D eigenvalue weighted by molar-refractivity contribution is -0.383. The number of anilines is 1. The summed E-state index contributed by atoms with van der Waals surface area (Å²) in [5, 5.41) is 25.0. The fourth-order valence-corrected chi connectivity index (χ4v) is 2.12. The summed E-state index contributed by atoms with van der Waals surface area (Å²) in [7, 11) is 1.51. The molecular formula is C14H17N3O4. The molecule has 0 bridgehead atoms. The molecule has 21 heavy (non-hydrogen) atoms. The molecule has 0 saturated heterocycles. The van der Waals surface area contributed by atoms with Gasteiger partial charge in [0.05, 0.1) is 23.0 Å². The predicted molar refractivity (Wildman–Crippen MR) is 79.5 cm³/mol. The number of pyridine rings is 1. The minimum Gasteiger partial charge on any atom is -0.389 e. The smallest absolute Gasteiger partial charge is 0.278 e. The first-order valence-corrected chi connectivity index (χ1v) is 6.47. The highest BCUT2D eigenvalue weighted by Crippen LogP contribution is 2.31. The van der Waals surface area contributed by atoms with Gasteiger partial charge in [0.25, 0.3) is 5.69 Å². The van der Waals surface area contributed by atoms with Gasteiger partial charge >= 0.3 is 0 Å². The summed E-state index contributed by atoms with van der Waals surface area (Å²) in [6.07, 6.45) is 0.850. The Kier molecular flexibility index (Phi) is 4.66. The number of nitro benzene ring substituents is 1. The molecule has 112 valence electrons. The Morgan fingerprint density at radius 3 is 2.90 bits per heavy atom. The van der Waals surface area contributed by atoms with Gasteiger partial charge in [-0.25, -0.2) is 0 Å². The molecule has 0 amide bonds. The van der Waals surface area contributed by atoms with Gasteiger partial charge in [0.2, 0.25) is 0 Å². The molecule has 2 N–H and O–H groups in total. The van der Waals surface area contributed by atoms with E-state index in [0.717, 1.165) is 11.4 Å². The number of aliphatic hydroxyl groups is 1. The van der Waals surface area contributed by atoms with Crippen LogP contribution in [0.1, 0.15) is 5.69 Å². The van der Waals surface area contributed by atoms with Gasteiger partial charge in [-0.2, -0.15) is 0 Å². The number of nitrogens with one attached hydrogen (secondary N) is 1. The van der Waals surface area contributed by atoms with Gasteiger partial charge in [-0.1, -0.05) is 0 Å². The van der Waals surface area contributed by atoms with Gasteiger partial charge in [-0.15, -0.1) is 0 Å². The topological polar surface area (TPSA) is 97.5 Å². The first kappa shape index (κ1) is 15.1. The van der Waals surface area contributed by atoms with E-state index in [9.17, 15) is 15.2 Å². The Hall–Kier alpha value is -2.25. The van der Waals surface area contributed by atoms with Crippen LogP contribution in [0.3, 0.4) is 0 Å². The van der Waals surface area contributed by atoms with E-state index < -0.39 is 11.0 Å². The van der Waals surface area contributed by atoms with Gasteiger partial charge in [-0.05, 0) is 19.1 Å². The molecular weight excluding hydrogens is 274 g/mol. The van der Waals surface area contributed by atoms with Crippen LogP contribution in [0.5, 0.6) is 0 Å². The van der Waals surface area contributed by atoms with E-state index in [4.69, 9.17) is 4.74 Å². The summed E-state index contributed by atoms with van der Waals surface area (Å²) in [6.45, 7) is 2.34. The SMILES string of the molecule is COCC(O)CNc1ccc([N+](=O)[O-])c2cnc(C)cc12. The van der Waals surface area contributed by atoms with Crippen LogP contribution < -0.4 is 5.32 Å². The third-order valence-corrected chi connectivity index (χ3v) is 3.10. The van der Waals surface area contributed by atoms with Gasteiger partial charge in [-0.3, -0.25) is 15.1 Å².